The summed E-state index contributed by atoms with van der Waals surface area (Å²) >= 11 is 6.33. The number of hydrogen-bond donors (Lipinski definition) is 0. The van der Waals surface area contributed by atoms with Crippen LogP contribution in [0, 0.1) is 26.6 Å². The van der Waals surface area contributed by atoms with Crippen molar-refractivity contribution in [2.75, 3.05) is 11.4 Å². The van der Waals surface area contributed by atoms with Gasteiger partial charge in [-0.2, -0.15) is 0 Å². The second-order valence-electron chi connectivity index (χ2n) is 6.61. The maximum absolute atomic E-state index is 14.1. The monoisotopic (exact) mass is 373 g/mol. The van der Waals surface area contributed by atoms with E-state index in [1.807, 2.05) is 0 Å². The fraction of sp³-hybridized carbons (Fsp3) is 0.316. The molecule has 7 heteroatoms. The van der Waals surface area contributed by atoms with Crippen LogP contribution in [0.1, 0.15) is 39.3 Å². The molecule has 0 saturated carbocycles. The molecule has 2 aromatic heterocycles. The minimum atomic E-state index is -0.347. The van der Waals surface area contributed by atoms with Gasteiger partial charge in [-0.3, -0.25) is 4.79 Å². The van der Waals surface area contributed by atoms with Crippen LogP contribution in [0.4, 0.5) is 10.1 Å². The third-order valence-corrected chi connectivity index (χ3v) is 5.16. The van der Waals surface area contributed by atoms with Crippen LogP contribution in [0.5, 0.6) is 0 Å². The van der Waals surface area contributed by atoms with Gasteiger partial charge in [-0.05, 0) is 56.9 Å². The Morgan fingerprint density at radius 1 is 1.31 bits per heavy atom. The highest BCUT2D eigenvalue weighted by Gasteiger charge is 2.30. The van der Waals surface area contributed by atoms with Crippen LogP contribution < -0.4 is 4.90 Å². The SMILES string of the molecule is Cc1cc(C(=O)N2CCCc3c(C)c(F)cc(Cl)c32)c2c(C)noc2n1. The van der Waals surface area contributed by atoms with Crippen molar-refractivity contribution in [1.82, 2.24) is 10.1 Å². The van der Waals surface area contributed by atoms with Gasteiger partial charge in [0.15, 0.2) is 0 Å². The lowest BCUT2D eigenvalue weighted by Crippen LogP contribution is -2.36. The largest absolute Gasteiger partial charge is 0.336 e. The predicted molar refractivity (Wildman–Crippen MR) is 97.4 cm³/mol. The van der Waals surface area contributed by atoms with Gasteiger partial charge in [0.2, 0.25) is 0 Å². The van der Waals surface area contributed by atoms with Gasteiger partial charge in [-0.1, -0.05) is 16.8 Å². The number of pyridine rings is 1. The summed E-state index contributed by atoms with van der Waals surface area (Å²) in [5, 5.41) is 4.78. The normalized spacial score (nSPS) is 14.0. The summed E-state index contributed by atoms with van der Waals surface area (Å²) in [5.74, 6) is -0.555. The lowest BCUT2D eigenvalue weighted by Gasteiger charge is -2.32. The zero-order valence-corrected chi connectivity index (χ0v) is 15.4. The summed E-state index contributed by atoms with van der Waals surface area (Å²) in [6.07, 6.45) is 1.44. The maximum atomic E-state index is 14.1. The van der Waals surface area contributed by atoms with Crippen molar-refractivity contribution in [2.24, 2.45) is 0 Å². The summed E-state index contributed by atoms with van der Waals surface area (Å²) in [7, 11) is 0. The van der Waals surface area contributed by atoms with E-state index >= 15 is 0 Å². The molecule has 0 N–H and O–H groups in total. The lowest BCUT2D eigenvalue weighted by atomic mass is 9.95. The number of rotatable bonds is 1. The highest BCUT2D eigenvalue weighted by molar-refractivity contribution is 6.34. The first-order chi connectivity index (χ1) is 12.4. The van der Waals surface area contributed by atoms with Gasteiger partial charge in [0.05, 0.1) is 27.4 Å². The van der Waals surface area contributed by atoms with Gasteiger partial charge in [0.1, 0.15) is 5.82 Å². The maximum Gasteiger partial charge on any atom is 0.259 e. The second-order valence-corrected chi connectivity index (χ2v) is 7.02. The van der Waals surface area contributed by atoms with Crippen LogP contribution in [0.25, 0.3) is 11.1 Å². The van der Waals surface area contributed by atoms with Crippen LogP contribution in [-0.2, 0) is 6.42 Å². The highest BCUT2D eigenvalue weighted by atomic mass is 35.5. The molecule has 1 aromatic carbocycles. The molecule has 1 aliphatic heterocycles. The van der Waals surface area contributed by atoms with Crippen LogP contribution in [0.3, 0.4) is 0 Å². The molecule has 0 aliphatic carbocycles. The molecule has 5 nitrogen and oxygen atoms in total. The van der Waals surface area contributed by atoms with E-state index in [1.54, 1.807) is 31.7 Å². The predicted octanol–water partition coefficient (Wildman–Crippen LogP) is 4.53. The van der Waals surface area contributed by atoms with Crippen molar-refractivity contribution < 1.29 is 13.7 Å². The third-order valence-electron chi connectivity index (χ3n) is 4.88. The van der Waals surface area contributed by atoms with Crippen LogP contribution >= 0.6 is 11.6 Å². The summed E-state index contributed by atoms with van der Waals surface area (Å²) in [6.45, 7) is 5.81. The minimum absolute atomic E-state index is 0.208. The van der Waals surface area contributed by atoms with Gasteiger partial charge < -0.3 is 9.42 Å². The van der Waals surface area contributed by atoms with E-state index in [0.717, 1.165) is 12.0 Å². The van der Waals surface area contributed by atoms with Crippen molar-refractivity contribution in [3.8, 4) is 0 Å². The molecule has 0 spiro atoms. The molecule has 0 radical (unpaired) electrons. The Balaban J connectivity index is 1.91. The van der Waals surface area contributed by atoms with E-state index in [1.165, 1.54) is 6.07 Å². The molecule has 0 bridgehead atoms. The number of benzene rings is 1. The Morgan fingerprint density at radius 2 is 2.08 bits per heavy atom. The highest BCUT2D eigenvalue weighted by Crippen LogP contribution is 2.39. The van der Waals surface area contributed by atoms with Gasteiger partial charge in [-0.25, -0.2) is 9.37 Å². The topological polar surface area (TPSA) is 59.2 Å². The fourth-order valence-corrected chi connectivity index (χ4v) is 3.92. The third kappa shape index (κ3) is 2.48. The second kappa shape index (κ2) is 6.06. The molecule has 0 saturated heterocycles. The van der Waals surface area contributed by atoms with Crippen LogP contribution in [0.15, 0.2) is 16.7 Å². The van der Waals surface area contributed by atoms with Crippen molar-refractivity contribution in [3.63, 3.8) is 0 Å². The number of hydrogen-bond acceptors (Lipinski definition) is 4. The Hall–Kier alpha value is -2.47. The molecular weight excluding hydrogens is 357 g/mol. The standard InChI is InChI=1S/C19H17ClFN3O2/c1-9-7-13(16-11(3)23-26-18(16)22-9)19(25)24-6-4-5-12-10(2)15(21)8-14(20)17(12)24/h7-8H,4-6H2,1-3H3. The smallest absolute Gasteiger partial charge is 0.259 e. The van der Waals surface area contributed by atoms with E-state index < -0.39 is 0 Å². The first-order valence-electron chi connectivity index (χ1n) is 8.41. The van der Waals surface area contributed by atoms with E-state index in [4.69, 9.17) is 16.1 Å². The first kappa shape index (κ1) is 17.0. The summed E-state index contributed by atoms with van der Waals surface area (Å²) < 4.78 is 19.3. The summed E-state index contributed by atoms with van der Waals surface area (Å²) in [6, 6.07) is 3.01. The minimum Gasteiger partial charge on any atom is -0.336 e. The summed E-state index contributed by atoms with van der Waals surface area (Å²) in [5.41, 5.74) is 4.00. The molecule has 3 aromatic rings. The van der Waals surface area contributed by atoms with E-state index in [0.29, 0.717) is 52.3 Å². The molecule has 134 valence electrons. The number of anilines is 1. The number of amides is 1. The molecule has 0 fully saturated rings. The van der Waals surface area contributed by atoms with Gasteiger partial charge >= 0.3 is 0 Å². The van der Waals surface area contributed by atoms with Crippen molar-refractivity contribution in [3.05, 3.63) is 51.1 Å². The Labute approximate surface area is 154 Å². The molecule has 26 heavy (non-hydrogen) atoms. The molecular formula is C19H17ClFN3O2. The zero-order valence-electron chi connectivity index (χ0n) is 14.7. The Bertz CT molecular complexity index is 1060. The van der Waals surface area contributed by atoms with Gasteiger partial charge in [0.25, 0.3) is 11.6 Å². The molecule has 1 amide bonds. The zero-order chi connectivity index (χ0) is 18.6. The fourth-order valence-electron chi connectivity index (χ4n) is 3.61. The summed E-state index contributed by atoms with van der Waals surface area (Å²) in [4.78, 5) is 19.3. The number of carbonyl (C=O) groups excluding carboxylic acids is 1. The van der Waals surface area contributed by atoms with E-state index in [2.05, 4.69) is 10.1 Å². The Morgan fingerprint density at radius 3 is 2.85 bits per heavy atom. The van der Waals surface area contributed by atoms with Crippen LogP contribution in [-0.4, -0.2) is 22.6 Å². The number of aromatic nitrogens is 2. The Kier molecular flexibility index (Phi) is 3.95. The average Bonchev–Trinajstić information content (AvgIpc) is 2.98. The number of nitrogens with zero attached hydrogens (tertiary/aromatic N) is 3. The molecule has 0 atom stereocenters. The molecule has 1 aliphatic rings. The number of fused-ring (bicyclic) bond motifs is 2. The first-order valence-corrected chi connectivity index (χ1v) is 8.79. The van der Waals surface area contributed by atoms with Crippen molar-refractivity contribution in [2.45, 2.75) is 33.6 Å². The quantitative estimate of drug-likeness (QED) is 0.628. The lowest BCUT2D eigenvalue weighted by molar-refractivity contribution is 0.0986. The molecule has 3 heterocycles. The number of halogens is 2. The molecule has 4 rings (SSSR count). The van der Waals surface area contributed by atoms with E-state index in [-0.39, 0.29) is 16.7 Å². The molecule has 0 unspecified atom stereocenters. The van der Waals surface area contributed by atoms with Gasteiger partial charge in [-0.15, -0.1) is 0 Å². The van der Waals surface area contributed by atoms with Crippen molar-refractivity contribution in [1.29, 1.82) is 0 Å². The van der Waals surface area contributed by atoms with Gasteiger partial charge in [0, 0.05) is 12.2 Å². The average molecular weight is 374 g/mol. The van der Waals surface area contributed by atoms with Crippen molar-refractivity contribution >= 4 is 34.3 Å². The number of aryl methyl sites for hydroxylation is 2. The van der Waals surface area contributed by atoms with Crippen LogP contribution in [0.2, 0.25) is 5.02 Å². The van der Waals surface area contributed by atoms with E-state index in [9.17, 15) is 9.18 Å². The number of carbonyl (C=O) groups is 1.